The van der Waals surface area contributed by atoms with Gasteiger partial charge in [-0.2, -0.15) is 0 Å². The van der Waals surface area contributed by atoms with Gasteiger partial charge in [-0.3, -0.25) is 0 Å². The van der Waals surface area contributed by atoms with Gasteiger partial charge in [0.15, 0.2) is 0 Å². The molecule has 18 heavy (non-hydrogen) atoms. The maximum Gasteiger partial charge on any atom is 0.0300 e. The van der Waals surface area contributed by atoms with E-state index < -0.39 is 0 Å². The van der Waals surface area contributed by atoms with Gasteiger partial charge in [0.25, 0.3) is 0 Å². The van der Waals surface area contributed by atoms with Crippen molar-refractivity contribution in [3.8, 4) is 0 Å². The van der Waals surface area contributed by atoms with E-state index in [1.54, 1.807) is 11.1 Å². The van der Waals surface area contributed by atoms with Gasteiger partial charge in [-0.1, -0.05) is 24.3 Å². The van der Waals surface area contributed by atoms with Crippen LogP contribution in [0.5, 0.6) is 0 Å². The van der Waals surface area contributed by atoms with Crippen LogP contribution in [0.15, 0.2) is 24.3 Å². The zero-order valence-electron chi connectivity index (χ0n) is 12.3. The SMILES string of the molecule is CNC(CC1Cc2ccccc21)C(C)(C)N(C)C. The molecule has 1 aromatic carbocycles. The minimum atomic E-state index is 0.180. The molecule has 2 nitrogen and oxygen atoms in total. The van der Waals surface area contributed by atoms with Crippen molar-refractivity contribution in [1.82, 2.24) is 10.2 Å². The summed E-state index contributed by atoms with van der Waals surface area (Å²) in [4.78, 5) is 2.32. The summed E-state index contributed by atoms with van der Waals surface area (Å²) in [6.07, 6.45) is 2.47. The van der Waals surface area contributed by atoms with Gasteiger partial charge in [-0.15, -0.1) is 0 Å². The molecular formula is C16H26N2. The third-order valence-corrected chi connectivity index (χ3v) is 4.84. The Bertz CT molecular complexity index is 409. The lowest BCUT2D eigenvalue weighted by Crippen LogP contribution is -2.55. The number of benzene rings is 1. The first-order valence-corrected chi connectivity index (χ1v) is 6.89. The number of likely N-dealkylation sites (N-methyl/N-ethyl adjacent to an activating group) is 2. The van der Waals surface area contributed by atoms with E-state index in [-0.39, 0.29) is 5.54 Å². The van der Waals surface area contributed by atoms with Crippen LogP contribution in [0.1, 0.15) is 37.3 Å². The largest absolute Gasteiger partial charge is 0.315 e. The topological polar surface area (TPSA) is 15.3 Å². The van der Waals surface area contributed by atoms with Crippen LogP contribution in [0.25, 0.3) is 0 Å². The lowest BCUT2D eigenvalue weighted by molar-refractivity contribution is 0.130. The molecule has 0 aliphatic heterocycles. The molecule has 0 aromatic heterocycles. The monoisotopic (exact) mass is 246 g/mol. The van der Waals surface area contributed by atoms with Crippen molar-refractivity contribution in [3.63, 3.8) is 0 Å². The third kappa shape index (κ3) is 2.32. The number of nitrogens with one attached hydrogen (secondary N) is 1. The molecule has 1 aliphatic rings. The lowest BCUT2D eigenvalue weighted by atomic mass is 9.72. The minimum absolute atomic E-state index is 0.180. The second-order valence-corrected chi connectivity index (χ2v) is 6.22. The molecule has 100 valence electrons. The average Bonchev–Trinajstić information content (AvgIpc) is 2.30. The fourth-order valence-corrected chi connectivity index (χ4v) is 2.93. The molecule has 1 aromatic rings. The Balaban J connectivity index is 2.06. The normalized spacial score (nSPS) is 20.4. The Morgan fingerprint density at radius 1 is 1.33 bits per heavy atom. The average molecular weight is 246 g/mol. The molecule has 2 rings (SSSR count). The van der Waals surface area contributed by atoms with Gasteiger partial charge in [0, 0.05) is 11.6 Å². The number of fused-ring (bicyclic) bond motifs is 1. The Labute approximate surface area is 111 Å². The Hall–Kier alpha value is -0.860. The summed E-state index contributed by atoms with van der Waals surface area (Å²) >= 11 is 0. The fourth-order valence-electron chi connectivity index (χ4n) is 2.93. The number of hydrogen-bond donors (Lipinski definition) is 1. The standard InChI is InChI=1S/C16H26N2/c1-16(2,18(4)5)15(17-3)11-13-10-12-8-6-7-9-14(12)13/h6-9,13,15,17H,10-11H2,1-5H3. The van der Waals surface area contributed by atoms with E-state index in [0.29, 0.717) is 6.04 Å². The van der Waals surface area contributed by atoms with Crippen molar-refractivity contribution < 1.29 is 0 Å². The molecule has 0 amide bonds. The molecule has 2 atom stereocenters. The van der Waals surface area contributed by atoms with Gasteiger partial charge in [0.1, 0.15) is 0 Å². The second kappa shape index (κ2) is 5.02. The molecule has 0 radical (unpaired) electrons. The van der Waals surface area contributed by atoms with Crippen LogP contribution in [0, 0.1) is 0 Å². The maximum atomic E-state index is 3.51. The number of nitrogens with zero attached hydrogens (tertiary/aromatic N) is 1. The van der Waals surface area contributed by atoms with Gasteiger partial charge in [-0.05, 0) is 64.9 Å². The van der Waals surface area contributed by atoms with Crippen LogP contribution in [0.4, 0.5) is 0 Å². The number of hydrogen-bond acceptors (Lipinski definition) is 2. The van der Waals surface area contributed by atoms with Gasteiger partial charge in [0.2, 0.25) is 0 Å². The van der Waals surface area contributed by atoms with Gasteiger partial charge in [0.05, 0.1) is 0 Å². The molecule has 2 heteroatoms. The van der Waals surface area contributed by atoms with E-state index in [1.165, 1.54) is 12.8 Å². The molecule has 1 aliphatic carbocycles. The zero-order valence-corrected chi connectivity index (χ0v) is 12.3. The highest BCUT2D eigenvalue weighted by atomic mass is 15.2. The molecule has 0 fully saturated rings. The Morgan fingerprint density at radius 2 is 2.00 bits per heavy atom. The first-order chi connectivity index (χ1) is 8.46. The maximum absolute atomic E-state index is 3.51. The summed E-state index contributed by atoms with van der Waals surface area (Å²) in [5, 5.41) is 3.51. The fraction of sp³-hybridized carbons (Fsp3) is 0.625. The second-order valence-electron chi connectivity index (χ2n) is 6.22. The minimum Gasteiger partial charge on any atom is -0.315 e. The van der Waals surface area contributed by atoms with Gasteiger partial charge in [-0.25, -0.2) is 0 Å². The summed E-state index contributed by atoms with van der Waals surface area (Å²) in [5.74, 6) is 0.734. The molecule has 0 bridgehead atoms. The summed E-state index contributed by atoms with van der Waals surface area (Å²) < 4.78 is 0. The number of rotatable bonds is 5. The van der Waals surface area contributed by atoms with Gasteiger partial charge < -0.3 is 10.2 Å². The van der Waals surface area contributed by atoms with E-state index >= 15 is 0 Å². The van der Waals surface area contributed by atoms with Crippen LogP contribution in [-0.2, 0) is 6.42 Å². The van der Waals surface area contributed by atoms with Crippen LogP contribution in [0.3, 0.4) is 0 Å². The van der Waals surface area contributed by atoms with E-state index in [9.17, 15) is 0 Å². The molecular weight excluding hydrogens is 220 g/mol. The smallest absolute Gasteiger partial charge is 0.0300 e. The lowest BCUT2D eigenvalue weighted by Gasteiger charge is -2.43. The van der Waals surface area contributed by atoms with Crippen LogP contribution in [0.2, 0.25) is 0 Å². The zero-order chi connectivity index (χ0) is 13.3. The van der Waals surface area contributed by atoms with Gasteiger partial charge >= 0.3 is 0 Å². The van der Waals surface area contributed by atoms with Crippen LogP contribution in [-0.4, -0.2) is 37.6 Å². The molecule has 0 saturated carbocycles. The highest BCUT2D eigenvalue weighted by molar-refractivity contribution is 5.40. The van der Waals surface area contributed by atoms with Crippen molar-refractivity contribution in [2.24, 2.45) is 0 Å². The summed E-state index contributed by atoms with van der Waals surface area (Å²) in [7, 11) is 6.42. The first kappa shape index (κ1) is 13.6. The van der Waals surface area contributed by atoms with Crippen molar-refractivity contribution in [2.75, 3.05) is 21.1 Å². The Kier molecular flexibility index (Phi) is 3.79. The molecule has 0 heterocycles. The first-order valence-electron chi connectivity index (χ1n) is 6.89. The molecule has 1 N–H and O–H groups in total. The summed E-state index contributed by atoms with van der Waals surface area (Å²) in [6.45, 7) is 4.64. The Morgan fingerprint density at radius 3 is 2.56 bits per heavy atom. The van der Waals surface area contributed by atoms with E-state index in [2.05, 4.69) is 69.5 Å². The van der Waals surface area contributed by atoms with Crippen molar-refractivity contribution in [2.45, 2.75) is 44.2 Å². The van der Waals surface area contributed by atoms with E-state index in [0.717, 1.165) is 5.92 Å². The third-order valence-electron chi connectivity index (χ3n) is 4.84. The summed E-state index contributed by atoms with van der Waals surface area (Å²) in [5.41, 5.74) is 3.28. The van der Waals surface area contributed by atoms with E-state index in [1.807, 2.05) is 0 Å². The van der Waals surface area contributed by atoms with Crippen LogP contribution >= 0.6 is 0 Å². The van der Waals surface area contributed by atoms with Crippen molar-refractivity contribution in [1.29, 1.82) is 0 Å². The predicted octanol–water partition coefficient (Wildman–Crippen LogP) is 2.64. The van der Waals surface area contributed by atoms with Crippen LogP contribution < -0.4 is 5.32 Å². The highest BCUT2D eigenvalue weighted by Crippen LogP contribution is 2.39. The highest BCUT2D eigenvalue weighted by Gasteiger charge is 2.35. The molecule has 0 spiro atoms. The quantitative estimate of drug-likeness (QED) is 0.859. The van der Waals surface area contributed by atoms with E-state index in [4.69, 9.17) is 0 Å². The van der Waals surface area contributed by atoms with Crippen molar-refractivity contribution >= 4 is 0 Å². The summed E-state index contributed by atoms with van der Waals surface area (Å²) in [6, 6.07) is 9.38. The molecule has 2 unspecified atom stereocenters. The molecule has 0 saturated heterocycles. The predicted molar refractivity (Wildman–Crippen MR) is 78.1 cm³/mol. The van der Waals surface area contributed by atoms with Crippen molar-refractivity contribution in [3.05, 3.63) is 35.4 Å².